The Hall–Kier alpha value is -1.71. The van der Waals surface area contributed by atoms with Crippen LogP contribution in [-0.2, 0) is 6.42 Å². The Balaban J connectivity index is 1.79. The van der Waals surface area contributed by atoms with Crippen molar-refractivity contribution in [1.29, 1.82) is 0 Å². The molecule has 0 aliphatic heterocycles. The molecular formula is C20H22O2S. The van der Waals surface area contributed by atoms with Crippen LogP contribution in [0.2, 0.25) is 0 Å². The number of furan rings is 1. The van der Waals surface area contributed by atoms with Gasteiger partial charge in [0.15, 0.2) is 0 Å². The lowest BCUT2D eigenvalue weighted by molar-refractivity contribution is 0.375. The maximum atomic E-state index is 9.01. The van der Waals surface area contributed by atoms with Crippen LogP contribution in [0.1, 0.15) is 31.7 Å². The minimum atomic E-state index is 0.0819. The minimum absolute atomic E-state index is 0.0819. The predicted octanol–water partition coefficient (Wildman–Crippen LogP) is 5.87. The SMILES string of the molecule is CCCCCc1ccc(-c2cc3ccc(SCO)cc3o2)cc1. The van der Waals surface area contributed by atoms with Crippen LogP contribution in [0.25, 0.3) is 22.3 Å². The highest BCUT2D eigenvalue weighted by Gasteiger charge is 2.07. The second kappa shape index (κ2) is 7.71. The highest BCUT2D eigenvalue weighted by Crippen LogP contribution is 2.31. The molecule has 3 aromatic rings. The van der Waals surface area contributed by atoms with E-state index in [1.807, 2.05) is 18.2 Å². The number of hydrogen-bond donors (Lipinski definition) is 1. The van der Waals surface area contributed by atoms with Gasteiger partial charge in [0.2, 0.25) is 0 Å². The number of unbranched alkanes of at least 4 members (excludes halogenated alkanes) is 2. The van der Waals surface area contributed by atoms with Gasteiger partial charge in [-0.05, 0) is 42.7 Å². The molecule has 0 aliphatic rings. The van der Waals surface area contributed by atoms with Crippen molar-refractivity contribution in [3.63, 3.8) is 0 Å². The maximum absolute atomic E-state index is 9.01. The van der Waals surface area contributed by atoms with E-state index in [1.54, 1.807) is 0 Å². The fourth-order valence-corrected chi connectivity index (χ4v) is 3.24. The van der Waals surface area contributed by atoms with E-state index < -0.39 is 0 Å². The van der Waals surface area contributed by atoms with E-state index in [1.165, 1.54) is 36.6 Å². The summed E-state index contributed by atoms with van der Waals surface area (Å²) in [6, 6.07) is 16.8. The highest BCUT2D eigenvalue weighted by molar-refractivity contribution is 7.99. The van der Waals surface area contributed by atoms with Crippen LogP contribution in [0.4, 0.5) is 0 Å². The Labute approximate surface area is 141 Å². The molecule has 0 spiro atoms. The van der Waals surface area contributed by atoms with Gasteiger partial charge in [-0.2, -0.15) is 0 Å². The predicted molar refractivity (Wildman–Crippen MR) is 97.8 cm³/mol. The van der Waals surface area contributed by atoms with Crippen molar-refractivity contribution in [3.05, 3.63) is 54.1 Å². The van der Waals surface area contributed by atoms with E-state index >= 15 is 0 Å². The average Bonchev–Trinajstić information content (AvgIpc) is 2.99. The summed E-state index contributed by atoms with van der Waals surface area (Å²) in [5.41, 5.74) is 3.36. The lowest BCUT2D eigenvalue weighted by Crippen LogP contribution is -1.85. The number of hydrogen-bond acceptors (Lipinski definition) is 3. The van der Waals surface area contributed by atoms with E-state index in [4.69, 9.17) is 9.52 Å². The summed E-state index contributed by atoms with van der Waals surface area (Å²) in [7, 11) is 0. The zero-order valence-electron chi connectivity index (χ0n) is 13.4. The van der Waals surface area contributed by atoms with Crippen LogP contribution in [0.3, 0.4) is 0 Å². The first-order valence-corrected chi connectivity index (χ1v) is 9.15. The molecule has 3 heteroatoms. The van der Waals surface area contributed by atoms with Crippen molar-refractivity contribution in [2.45, 2.75) is 37.5 Å². The van der Waals surface area contributed by atoms with E-state index in [0.717, 1.165) is 33.6 Å². The normalized spacial score (nSPS) is 11.2. The fourth-order valence-electron chi connectivity index (χ4n) is 2.73. The Morgan fingerprint density at radius 2 is 1.83 bits per heavy atom. The molecule has 3 rings (SSSR count). The second-order valence-corrected chi connectivity index (χ2v) is 6.76. The lowest BCUT2D eigenvalue weighted by atomic mass is 10.0. The molecule has 1 N–H and O–H groups in total. The zero-order valence-corrected chi connectivity index (χ0v) is 14.2. The molecule has 0 amide bonds. The van der Waals surface area contributed by atoms with Crippen LogP contribution >= 0.6 is 11.8 Å². The van der Waals surface area contributed by atoms with Crippen LogP contribution < -0.4 is 0 Å². The van der Waals surface area contributed by atoms with Crippen molar-refractivity contribution >= 4 is 22.7 Å². The summed E-state index contributed by atoms with van der Waals surface area (Å²) in [4.78, 5) is 1.02. The van der Waals surface area contributed by atoms with Gasteiger partial charge >= 0.3 is 0 Å². The molecular weight excluding hydrogens is 304 g/mol. The van der Waals surface area contributed by atoms with Crippen molar-refractivity contribution in [1.82, 2.24) is 0 Å². The third-order valence-corrected chi connectivity index (χ3v) is 4.75. The first-order valence-electron chi connectivity index (χ1n) is 8.16. The molecule has 2 nitrogen and oxygen atoms in total. The van der Waals surface area contributed by atoms with Gasteiger partial charge in [0, 0.05) is 15.8 Å². The van der Waals surface area contributed by atoms with Gasteiger partial charge < -0.3 is 9.52 Å². The third-order valence-electron chi connectivity index (χ3n) is 4.03. The summed E-state index contributed by atoms with van der Waals surface area (Å²) < 4.78 is 5.98. The summed E-state index contributed by atoms with van der Waals surface area (Å²) in [6.45, 7) is 2.23. The van der Waals surface area contributed by atoms with E-state index in [0.29, 0.717) is 0 Å². The average molecular weight is 326 g/mol. The van der Waals surface area contributed by atoms with Gasteiger partial charge in [-0.3, -0.25) is 0 Å². The Bertz CT molecular complexity index is 759. The molecule has 0 radical (unpaired) electrons. The zero-order chi connectivity index (χ0) is 16.1. The molecule has 1 aromatic heterocycles. The fraction of sp³-hybridized carbons (Fsp3) is 0.300. The third kappa shape index (κ3) is 3.98. The van der Waals surface area contributed by atoms with Crippen molar-refractivity contribution in [3.8, 4) is 11.3 Å². The molecule has 0 unspecified atom stereocenters. The van der Waals surface area contributed by atoms with Gasteiger partial charge in [0.25, 0.3) is 0 Å². The maximum Gasteiger partial charge on any atom is 0.135 e. The molecule has 0 saturated heterocycles. The Kier molecular flexibility index (Phi) is 5.42. The van der Waals surface area contributed by atoms with E-state index in [-0.39, 0.29) is 5.94 Å². The molecule has 0 saturated carbocycles. The Morgan fingerprint density at radius 1 is 1.00 bits per heavy atom. The molecule has 0 atom stereocenters. The second-order valence-electron chi connectivity index (χ2n) is 5.74. The van der Waals surface area contributed by atoms with Gasteiger partial charge in [-0.1, -0.05) is 55.8 Å². The van der Waals surface area contributed by atoms with E-state index in [9.17, 15) is 0 Å². The van der Waals surface area contributed by atoms with Crippen LogP contribution in [0, 0.1) is 0 Å². The number of thioether (sulfide) groups is 1. The van der Waals surface area contributed by atoms with Gasteiger partial charge in [0.1, 0.15) is 11.3 Å². The van der Waals surface area contributed by atoms with E-state index in [2.05, 4.69) is 37.3 Å². The number of aryl methyl sites for hydroxylation is 1. The summed E-state index contributed by atoms with van der Waals surface area (Å²) in [5, 5.41) is 10.1. The minimum Gasteiger partial charge on any atom is -0.456 e. The lowest BCUT2D eigenvalue weighted by Gasteiger charge is -2.02. The number of fused-ring (bicyclic) bond motifs is 1. The first-order chi connectivity index (χ1) is 11.3. The molecule has 0 bridgehead atoms. The van der Waals surface area contributed by atoms with Crippen LogP contribution in [-0.4, -0.2) is 11.0 Å². The topological polar surface area (TPSA) is 33.4 Å². The highest BCUT2D eigenvalue weighted by atomic mass is 32.2. The van der Waals surface area contributed by atoms with Gasteiger partial charge in [0.05, 0.1) is 5.94 Å². The van der Waals surface area contributed by atoms with Gasteiger partial charge in [-0.15, -0.1) is 0 Å². The van der Waals surface area contributed by atoms with Crippen LogP contribution in [0.15, 0.2) is 57.8 Å². The van der Waals surface area contributed by atoms with Crippen molar-refractivity contribution in [2.24, 2.45) is 0 Å². The monoisotopic (exact) mass is 326 g/mol. The number of aliphatic hydroxyl groups excluding tert-OH is 1. The number of rotatable bonds is 7. The van der Waals surface area contributed by atoms with Crippen molar-refractivity contribution in [2.75, 3.05) is 5.94 Å². The summed E-state index contributed by atoms with van der Waals surface area (Å²) >= 11 is 1.40. The van der Waals surface area contributed by atoms with Gasteiger partial charge in [-0.25, -0.2) is 0 Å². The molecule has 2 aromatic carbocycles. The van der Waals surface area contributed by atoms with Crippen molar-refractivity contribution < 1.29 is 9.52 Å². The molecule has 1 heterocycles. The summed E-state index contributed by atoms with van der Waals surface area (Å²) in [6.07, 6.45) is 4.95. The number of aliphatic hydroxyl groups is 1. The molecule has 0 fully saturated rings. The molecule has 0 aliphatic carbocycles. The smallest absolute Gasteiger partial charge is 0.135 e. The quantitative estimate of drug-likeness (QED) is 0.335. The summed E-state index contributed by atoms with van der Waals surface area (Å²) in [5.74, 6) is 0.977. The Morgan fingerprint density at radius 3 is 2.57 bits per heavy atom. The first kappa shape index (κ1) is 16.2. The largest absolute Gasteiger partial charge is 0.456 e. The molecule has 23 heavy (non-hydrogen) atoms. The molecule has 120 valence electrons. The van der Waals surface area contributed by atoms with Crippen LogP contribution in [0.5, 0.6) is 0 Å². The number of benzene rings is 2. The standard InChI is InChI=1S/C20H22O2S/c1-2-3-4-5-15-6-8-16(9-7-15)19-12-17-10-11-18(23-14-21)13-20(17)22-19/h6-13,21H,2-5,14H2,1H3.